The van der Waals surface area contributed by atoms with E-state index in [1.807, 2.05) is 48.2 Å². The SMILES string of the molecule is C=CCc1coc2cc(OCc3cccc(-c4ccc(OCCCSC)cc4)c3)ccc12. The molecule has 0 saturated carbocycles. The summed E-state index contributed by atoms with van der Waals surface area (Å²) in [6.07, 6.45) is 7.65. The van der Waals surface area contributed by atoms with Crippen molar-refractivity contribution < 1.29 is 13.9 Å². The standard InChI is InChI=1S/C28H28O3S/c1-3-6-24-20-31-28-18-26(13-14-27(24)28)30-19-21-7-4-8-23(17-21)22-9-11-25(12-10-22)29-15-5-16-32-2/h3-4,7-14,17-18,20H,1,5-6,15-16,19H2,2H3. The normalized spacial score (nSPS) is 10.9. The van der Waals surface area contributed by atoms with E-state index in [4.69, 9.17) is 13.9 Å². The molecule has 1 aromatic heterocycles. The molecule has 0 unspecified atom stereocenters. The first-order valence-electron chi connectivity index (χ1n) is 10.8. The van der Waals surface area contributed by atoms with Crippen molar-refractivity contribution in [2.24, 2.45) is 0 Å². The minimum Gasteiger partial charge on any atom is -0.494 e. The van der Waals surface area contributed by atoms with Crippen molar-refractivity contribution in [1.29, 1.82) is 0 Å². The summed E-state index contributed by atoms with van der Waals surface area (Å²) in [5, 5.41) is 1.11. The Morgan fingerprint density at radius 2 is 1.78 bits per heavy atom. The highest BCUT2D eigenvalue weighted by Crippen LogP contribution is 2.27. The zero-order chi connectivity index (χ0) is 22.2. The van der Waals surface area contributed by atoms with E-state index in [0.717, 1.165) is 69.9 Å². The molecule has 4 rings (SSSR count). The van der Waals surface area contributed by atoms with Crippen LogP contribution in [0.15, 0.2) is 90.1 Å². The minimum atomic E-state index is 0.496. The lowest BCUT2D eigenvalue weighted by molar-refractivity contribution is 0.306. The van der Waals surface area contributed by atoms with Crippen LogP contribution in [0.3, 0.4) is 0 Å². The molecule has 164 valence electrons. The molecule has 0 aliphatic carbocycles. The third-order valence-electron chi connectivity index (χ3n) is 5.27. The molecule has 4 heteroatoms. The minimum absolute atomic E-state index is 0.496. The summed E-state index contributed by atoms with van der Waals surface area (Å²) in [7, 11) is 0. The lowest BCUT2D eigenvalue weighted by atomic mass is 10.0. The fourth-order valence-corrected chi connectivity index (χ4v) is 4.02. The second-order valence-corrected chi connectivity index (χ2v) is 8.61. The average molecular weight is 445 g/mol. The molecule has 1 heterocycles. The first kappa shape index (κ1) is 22.1. The summed E-state index contributed by atoms with van der Waals surface area (Å²) in [6, 6.07) is 22.7. The van der Waals surface area contributed by atoms with Crippen molar-refractivity contribution in [1.82, 2.24) is 0 Å². The molecule has 3 nitrogen and oxygen atoms in total. The van der Waals surface area contributed by atoms with Crippen LogP contribution in [0.5, 0.6) is 11.5 Å². The van der Waals surface area contributed by atoms with Crippen LogP contribution in [-0.2, 0) is 13.0 Å². The molecule has 0 N–H and O–H groups in total. The number of allylic oxidation sites excluding steroid dienone is 1. The summed E-state index contributed by atoms with van der Waals surface area (Å²) in [4.78, 5) is 0. The fraction of sp³-hybridized carbons (Fsp3) is 0.214. The van der Waals surface area contributed by atoms with E-state index in [-0.39, 0.29) is 0 Å². The van der Waals surface area contributed by atoms with E-state index in [2.05, 4.69) is 49.2 Å². The van der Waals surface area contributed by atoms with Crippen LogP contribution in [0.2, 0.25) is 0 Å². The topological polar surface area (TPSA) is 31.6 Å². The Hall–Kier alpha value is -3.11. The van der Waals surface area contributed by atoms with Gasteiger partial charge in [0.2, 0.25) is 0 Å². The largest absolute Gasteiger partial charge is 0.494 e. The van der Waals surface area contributed by atoms with Gasteiger partial charge >= 0.3 is 0 Å². The van der Waals surface area contributed by atoms with Gasteiger partial charge in [0.15, 0.2) is 0 Å². The zero-order valence-corrected chi connectivity index (χ0v) is 19.2. The number of hydrogen-bond donors (Lipinski definition) is 0. The second kappa shape index (κ2) is 11.0. The molecule has 0 spiro atoms. The Kier molecular flexibility index (Phi) is 7.57. The smallest absolute Gasteiger partial charge is 0.137 e. The monoisotopic (exact) mass is 444 g/mol. The second-order valence-electron chi connectivity index (χ2n) is 7.62. The molecular weight excluding hydrogens is 416 g/mol. The Morgan fingerprint density at radius 3 is 2.59 bits per heavy atom. The molecule has 4 aromatic rings. The zero-order valence-electron chi connectivity index (χ0n) is 18.4. The lowest BCUT2D eigenvalue weighted by Crippen LogP contribution is -1.98. The third-order valence-corrected chi connectivity index (χ3v) is 5.97. The van der Waals surface area contributed by atoms with Gasteiger partial charge in [0.1, 0.15) is 23.7 Å². The average Bonchev–Trinajstić information content (AvgIpc) is 3.23. The van der Waals surface area contributed by atoms with Gasteiger partial charge in [-0.25, -0.2) is 0 Å². The molecule has 0 fully saturated rings. The highest BCUT2D eigenvalue weighted by Gasteiger charge is 2.07. The summed E-state index contributed by atoms with van der Waals surface area (Å²) in [6.45, 7) is 5.05. The summed E-state index contributed by atoms with van der Waals surface area (Å²) in [5.74, 6) is 2.84. The van der Waals surface area contributed by atoms with Crippen LogP contribution in [0.25, 0.3) is 22.1 Å². The highest BCUT2D eigenvalue weighted by atomic mass is 32.2. The Labute approximate surface area is 194 Å². The van der Waals surface area contributed by atoms with Crippen molar-refractivity contribution in [3.05, 3.63) is 96.8 Å². The quantitative estimate of drug-likeness (QED) is 0.177. The van der Waals surface area contributed by atoms with Crippen LogP contribution in [0.1, 0.15) is 17.5 Å². The van der Waals surface area contributed by atoms with Crippen molar-refractivity contribution in [3.63, 3.8) is 0 Å². The molecule has 0 bridgehead atoms. The van der Waals surface area contributed by atoms with E-state index in [1.54, 1.807) is 6.26 Å². The Morgan fingerprint density at radius 1 is 0.938 bits per heavy atom. The van der Waals surface area contributed by atoms with E-state index in [0.29, 0.717) is 6.61 Å². The maximum absolute atomic E-state index is 6.04. The van der Waals surface area contributed by atoms with Crippen molar-refractivity contribution in [3.8, 4) is 22.6 Å². The molecule has 0 radical (unpaired) electrons. The number of thioether (sulfide) groups is 1. The Balaban J connectivity index is 1.39. The number of furan rings is 1. The van der Waals surface area contributed by atoms with Crippen LogP contribution in [0, 0.1) is 0 Å². The van der Waals surface area contributed by atoms with Gasteiger partial charge in [-0.05, 0) is 71.9 Å². The number of rotatable bonds is 11. The van der Waals surface area contributed by atoms with Gasteiger partial charge in [0.25, 0.3) is 0 Å². The highest BCUT2D eigenvalue weighted by molar-refractivity contribution is 7.98. The summed E-state index contributed by atoms with van der Waals surface area (Å²) >= 11 is 1.85. The van der Waals surface area contributed by atoms with Crippen LogP contribution < -0.4 is 9.47 Å². The summed E-state index contributed by atoms with van der Waals surface area (Å²) < 4.78 is 17.5. The van der Waals surface area contributed by atoms with Crippen LogP contribution in [0.4, 0.5) is 0 Å². The van der Waals surface area contributed by atoms with Gasteiger partial charge in [-0.3, -0.25) is 0 Å². The molecule has 0 aliphatic rings. The van der Waals surface area contributed by atoms with Gasteiger partial charge in [-0.15, -0.1) is 6.58 Å². The van der Waals surface area contributed by atoms with Gasteiger partial charge in [-0.2, -0.15) is 11.8 Å². The predicted octanol–water partition coefficient (Wildman–Crippen LogP) is 7.54. The van der Waals surface area contributed by atoms with Crippen LogP contribution >= 0.6 is 11.8 Å². The van der Waals surface area contributed by atoms with E-state index in [9.17, 15) is 0 Å². The molecule has 3 aromatic carbocycles. The third kappa shape index (κ3) is 5.57. The molecule has 0 saturated heterocycles. The number of hydrogen-bond acceptors (Lipinski definition) is 4. The van der Waals surface area contributed by atoms with Crippen molar-refractivity contribution in [2.45, 2.75) is 19.4 Å². The fourth-order valence-electron chi connectivity index (χ4n) is 3.61. The van der Waals surface area contributed by atoms with E-state index < -0.39 is 0 Å². The van der Waals surface area contributed by atoms with Gasteiger partial charge in [0.05, 0.1) is 12.9 Å². The van der Waals surface area contributed by atoms with Gasteiger partial charge in [-0.1, -0.05) is 36.4 Å². The number of benzene rings is 3. The van der Waals surface area contributed by atoms with E-state index in [1.165, 1.54) is 0 Å². The maximum Gasteiger partial charge on any atom is 0.137 e. The molecule has 0 amide bonds. The van der Waals surface area contributed by atoms with Crippen LogP contribution in [-0.4, -0.2) is 18.6 Å². The lowest BCUT2D eigenvalue weighted by Gasteiger charge is -2.10. The maximum atomic E-state index is 6.04. The van der Waals surface area contributed by atoms with Gasteiger partial charge < -0.3 is 13.9 Å². The molecular formula is C28H28O3S. The first-order chi connectivity index (χ1) is 15.8. The predicted molar refractivity (Wildman–Crippen MR) is 135 cm³/mol. The van der Waals surface area contributed by atoms with Gasteiger partial charge in [0, 0.05) is 17.0 Å². The molecule has 0 atom stereocenters. The van der Waals surface area contributed by atoms with E-state index >= 15 is 0 Å². The Bertz CT molecular complexity index is 1160. The molecule has 0 aliphatic heterocycles. The molecule has 32 heavy (non-hydrogen) atoms. The number of ether oxygens (including phenoxy) is 2. The van der Waals surface area contributed by atoms with Crippen molar-refractivity contribution >= 4 is 22.7 Å². The summed E-state index contributed by atoms with van der Waals surface area (Å²) in [5.41, 5.74) is 5.42. The first-order valence-corrected chi connectivity index (χ1v) is 12.2. The van der Waals surface area contributed by atoms with Crippen molar-refractivity contribution in [2.75, 3.05) is 18.6 Å². The number of fused-ring (bicyclic) bond motifs is 1.